The monoisotopic (exact) mass is 498 g/mol. The first-order valence-corrected chi connectivity index (χ1v) is 12.6. The molecule has 0 spiro atoms. The molecule has 4 aromatic carbocycles. The quantitative estimate of drug-likeness (QED) is 0.151. The summed E-state index contributed by atoms with van der Waals surface area (Å²) in [6, 6.07) is 22.2. The number of nitrogens with one attached hydrogen (secondary N) is 2. The SMILES string of the molecule is C=C/C(=C\C=C/C)N=Nc1ccc(N=Nc2ccc3c4c(cccc24)NC(/C(C)=C/C)N3)c2ccccc12. The van der Waals surface area contributed by atoms with Crippen LogP contribution >= 0.6 is 0 Å². The van der Waals surface area contributed by atoms with Crippen molar-refractivity contribution >= 4 is 50.0 Å². The molecule has 5 rings (SSSR count). The van der Waals surface area contributed by atoms with Gasteiger partial charge >= 0.3 is 0 Å². The van der Waals surface area contributed by atoms with Gasteiger partial charge in [0, 0.05) is 32.9 Å². The number of hydrogen-bond donors (Lipinski definition) is 2. The summed E-state index contributed by atoms with van der Waals surface area (Å²) in [4.78, 5) is 0. The Kier molecular flexibility index (Phi) is 7.22. The Hall–Kier alpha value is -4.84. The average molecular weight is 499 g/mol. The predicted octanol–water partition coefficient (Wildman–Crippen LogP) is 10.3. The number of nitrogens with zero attached hydrogens (tertiary/aromatic N) is 4. The number of allylic oxidation sites excluding steroid dienone is 5. The molecule has 0 aromatic heterocycles. The first kappa shape index (κ1) is 24.8. The highest BCUT2D eigenvalue weighted by molar-refractivity contribution is 6.09. The smallest absolute Gasteiger partial charge is 0.119 e. The molecule has 0 saturated carbocycles. The third-order valence-corrected chi connectivity index (χ3v) is 6.61. The second kappa shape index (κ2) is 11.0. The van der Waals surface area contributed by atoms with Gasteiger partial charge in [0.2, 0.25) is 0 Å². The lowest BCUT2D eigenvalue weighted by Gasteiger charge is -2.30. The van der Waals surface area contributed by atoms with Gasteiger partial charge in [0.25, 0.3) is 0 Å². The standard InChI is InChI=1S/C32H30N6/c1-5-8-12-22(7-3)35-36-26-17-18-27(24-14-10-9-13-23(24)26)37-38-28-19-20-30-31-25(28)15-11-16-29(31)33-32(34-30)21(4)6-2/h5-20,32-34H,3H2,1-2,4H3/b8-5-,21-6+,22-12+,36-35?,38-37?. The summed E-state index contributed by atoms with van der Waals surface area (Å²) in [6.07, 6.45) is 9.58. The van der Waals surface area contributed by atoms with Gasteiger partial charge in [-0.1, -0.05) is 61.2 Å². The molecule has 0 bridgehead atoms. The van der Waals surface area contributed by atoms with E-state index in [1.807, 2.05) is 67.6 Å². The van der Waals surface area contributed by atoms with Crippen LogP contribution in [-0.4, -0.2) is 6.17 Å². The first-order valence-electron chi connectivity index (χ1n) is 12.6. The summed E-state index contributed by atoms with van der Waals surface area (Å²) < 4.78 is 0. The van der Waals surface area contributed by atoms with Crippen molar-refractivity contribution in [2.45, 2.75) is 26.9 Å². The van der Waals surface area contributed by atoms with Crippen LogP contribution in [0.25, 0.3) is 21.5 Å². The van der Waals surface area contributed by atoms with Crippen LogP contribution in [-0.2, 0) is 0 Å². The average Bonchev–Trinajstić information content (AvgIpc) is 2.96. The Morgan fingerprint density at radius 1 is 0.763 bits per heavy atom. The minimum Gasteiger partial charge on any atom is -0.361 e. The number of hydrogen-bond acceptors (Lipinski definition) is 6. The van der Waals surface area contributed by atoms with Crippen LogP contribution in [0.2, 0.25) is 0 Å². The summed E-state index contributed by atoms with van der Waals surface area (Å²) >= 11 is 0. The molecule has 6 heteroatoms. The first-order chi connectivity index (χ1) is 18.6. The fourth-order valence-electron chi connectivity index (χ4n) is 4.46. The fourth-order valence-corrected chi connectivity index (χ4v) is 4.46. The number of anilines is 2. The highest BCUT2D eigenvalue weighted by atomic mass is 15.2. The Morgan fingerprint density at radius 3 is 2.03 bits per heavy atom. The van der Waals surface area contributed by atoms with E-state index in [9.17, 15) is 0 Å². The molecule has 0 amide bonds. The van der Waals surface area contributed by atoms with Gasteiger partial charge in [0.1, 0.15) is 6.17 Å². The normalized spacial score (nSPS) is 16.0. The maximum Gasteiger partial charge on any atom is 0.119 e. The zero-order chi connectivity index (χ0) is 26.5. The topological polar surface area (TPSA) is 73.5 Å². The Morgan fingerprint density at radius 2 is 1.37 bits per heavy atom. The van der Waals surface area contributed by atoms with E-state index >= 15 is 0 Å². The third-order valence-electron chi connectivity index (χ3n) is 6.61. The summed E-state index contributed by atoms with van der Waals surface area (Å²) in [6.45, 7) is 9.95. The molecule has 0 saturated heterocycles. The number of azo groups is 2. The van der Waals surface area contributed by atoms with Crippen molar-refractivity contribution in [2.24, 2.45) is 20.5 Å². The molecule has 1 unspecified atom stereocenters. The minimum atomic E-state index is 0.0637. The van der Waals surface area contributed by atoms with Crippen LogP contribution in [0.3, 0.4) is 0 Å². The number of rotatable bonds is 7. The molecule has 1 heterocycles. The lowest BCUT2D eigenvalue weighted by molar-refractivity contribution is 0.930. The second-order valence-electron chi connectivity index (χ2n) is 8.99. The van der Waals surface area contributed by atoms with E-state index in [0.29, 0.717) is 5.70 Å². The van der Waals surface area contributed by atoms with E-state index in [0.717, 1.165) is 50.0 Å². The number of benzene rings is 4. The van der Waals surface area contributed by atoms with Gasteiger partial charge in [-0.05, 0) is 68.8 Å². The van der Waals surface area contributed by atoms with Crippen LogP contribution in [0, 0.1) is 0 Å². The van der Waals surface area contributed by atoms with E-state index in [4.69, 9.17) is 5.11 Å². The maximum absolute atomic E-state index is 4.69. The van der Waals surface area contributed by atoms with Crippen molar-refractivity contribution < 1.29 is 0 Å². The zero-order valence-corrected chi connectivity index (χ0v) is 21.8. The van der Waals surface area contributed by atoms with Gasteiger partial charge in [-0.25, -0.2) is 0 Å². The molecular formula is C32H30N6. The van der Waals surface area contributed by atoms with Crippen molar-refractivity contribution in [3.8, 4) is 0 Å². The molecule has 0 radical (unpaired) electrons. The molecule has 1 atom stereocenters. The number of fused-ring (bicyclic) bond motifs is 1. The van der Waals surface area contributed by atoms with Gasteiger partial charge in [0.15, 0.2) is 0 Å². The Labute approximate surface area is 222 Å². The van der Waals surface area contributed by atoms with Crippen LogP contribution in [0.1, 0.15) is 20.8 Å². The van der Waals surface area contributed by atoms with Gasteiger partial charge in [0.05, 0.1) is 22.8 Å². The summed E-state index contributed by atoms with van der Waals surface area (Å²) in [5, 5.41) is 29.5. The van der Waals surface area contributed by atoms with E-state index < -0.39 is 0 Å². The Balaban J connectivity index is 1.51. The molecule has 0 fully saturated rings. The molecule has 0 aliphatic carbocycles. The second-order valence-corrected chi connectivity index (χ2v) is 8.99. The van der Waals surface area contributed by atoms with Crippen molar-refractivity contribution in [3.63, 3.8) is 0 Å². The van der Waals surface area contributed by atoms with Gasteiger partial charge in [-0.15, -0.1) is 15.3 Å². The van der Waals surface area contributed by atoms with Crippen molar-refractivity contribution in [1.29, 1.82) is 0 Å². The predicted molar refractivity (Wildman–Crippen MR) is 160 cm³/mol. The minimum absolute atomic E-state index is 0.0637. The molecule has 1 aliphatic rings. The third kappa shape index (κ3) is 4.89. The summed E-state index contributed by atoms with van der Waals surface area (Å²) in [5.41, 5.74) is 6.44. The van der Waals surface area contributed by atoms with E-state index in [1.165, 1.54) is 5.57 Å². The highest BCUT2D eigenvalue weighted by Gasteiger charge is 2.21. The lowest BCUT2D eigenvalue weighted by Crippen LogP contribution is -2.32. The van der Waals surface area contributed by atoms with Gasteiger partial charge in [-0.3, -0.25) is 0 Å². The van der Waals surface area contributed by atoms with E-state index in [-0.39, 0.29) is 6.17 Å². The summed E-state index contributed by atoms with van der Waals surface area (Å²) in [5.74, 6) is 0. The zero-order valence-electron chi connectivity index (χ0n) is 21.8. The van der Waals surface area contributed by atoms with E-state index in [2.05, 4.69) is 76.7 Å². The molecule has 4 aromatic rings. The molecular weight excluding hydrogens is 468 g/mol. The van der Waals surface area contributed by atoms with Gasteiger partial charge < -0.3 is 10.6 Å². The molecule has 6 nitrogen and oxygen atoms in total. The van der Waals surface area contributed by atoms with Crippen LogP contribution < -0.4 is 10.6 Å². The van der Waals surface area contributed by atoms with Crippen LogP contribution in [0.4, 0.5) is 28.4 Å². The van der Waals surface area contributed by atoms with Crippen LogP contribution in [0.5, 0.6) is 0 Å². The molecule has 188 valence electrons. The molecule has 2 N–H and O–H groups in total. The maximum atomic E-state index is 4.69. The van der Waals surface area contributed by atoms with Gasteiger partial charge in [-0.2, -0.15) is 5.11 Å². The highest BCUT2D eigenvalue weighted by Crippen LogP contribution is 2.41. The lowest BCUT2D eigenvalue weighted by atomic mass is 10.0. The largest absolute Gasteiger partial charge is 0.361 e. The fraction of sp³-hybridized carbons (Fsp3) is 0.125. The van der Waals surface area contributed by atoms with Crippen molar-refractivity contribution in [2.75, 3.05) is 10.6 Å². The van der Waals surface area contributed by atoms with E-state index in [1.54, 1.807) is 6.08 Å². The van der Waals surface area contributed by atoms with Crippen LogP contribution in [0.15, 0.2) is 135 Å². The summed E-state index contributed by atoms with van der Waals surface area (Å²) in [7, 11) is 0. The molecule has 1 aliphatic heterocycles. The van der Waals surface area contributed by atoms with Crippen molar-refractivity contribution in [3.05, 3.63) is 115 Å². The van der Waals surface area contributed by atoms with Crippen molar-refractivity contribution in [1.82, 2.24) is 0 Å². The Bertz CT molecular complexity index is 1660. The molecule has 38 heavy (non-hydrogen) atoms.